The molecule has 1 N–H and O–H groups in total. The lowest BCUT2D eigenvalue weighted by atomic mass is 10.1. The second kappa shape index (κ2) is 7.53. The van der Waals surface area contributed by atoms with Crippen LogP contribution < -0.4 is 4.72 Å². The molecule has 1 aliphatic heterocycles. The first-order chi connectivity index (χ1) is 11.2. The molecule has 0 aromatic heterocycles. The van der Waals surface area contributed by atoms with Gasteiger partial charge in [0.2, 0.25) is 10.0 Å². The number of carbonyl (C=O) groups excluding carboxylic acids is 1. The molecule has 7 heteroatoms. The first-order valence-corrected chi connectivity index (χ1v) is 10.0. The van der Waals surface area contributed by atoms with Gasteiger partial charge in [0.15, 0.2) is 0 Å². The summed E-state index contributed by atoms with van der Waals surface area (Å²) in [5, 5.41) is 0. The van der Waals surface area contributed by atoms with Gasteiger partial charge in [-0.3, -0.25) is 14.4 Å². The molecule has 1 aromatic carbocycles. The van der Waals surface area contributed by atoms with Crippen LogP contribution in [0.1, 0.15) is 38.1 Å². The van der Waals surface area contributed by atoms with Gasteiger partial charge >= 0.3 is 0 Å². The summed E-state index contributed by atoms with van der Waals surface area (Å²) < 4.78 is 25.6. The Morgan fingerprint density at radius 3 is 2.38 bits per heavy atom. The van der Waals surface area contributed by atoms with Gasteiger partial charge in [-0.25, -0.2) is 8.42 Å². The molecule has 1 saturated heterocycles. The minimum atomic E-state index is -3.30. The lowest BCUT2D eigenvalue weighted by Crippen LogP contribution is -2.55. The number of nitrogens with zero attached hydrogens (tertiary/aromatic N) is 2. The zero-order valence-electron chi connectivity index (χ0n) is 14.8. The predicted molar refractivity (Wildman–Crippen MR) is 96.7 cm³/mol. The summed E-state index contributed by atoms with van der Waals surface area (Å²) in [6.45, 7) is 10.4. The molecule has 1 aliphatic rings. The monoisotopic (exact) mass is 353 g/mol. The Morgan fingerprint density at radius 1 is 1.25 bits per heavy atom. The molecule has 6 nitrogen and oxygen atoms in total. The molecule has 1 atom stereocenters. The van der Waals surface area contributed by atoms with E-state index in [0.717, 1.165) is 6.54 Å². The van der Waals surface area contributed by atoms with E-state index in [4.69, 9.17) is 0 Å². The Kier molecular flexibility index (Phi) is 5.87. The van der Waals surface area contributed by atoms with Crippen molar-refractivity contribution in [3.63, 3.8) is 0 Å². The smallest absolute Gasteiger partial charge is 0.253 e. The SMILES string of the molecule is CCS(=O)(=O)Nc1ccc(C(=O)N2CCN(C(C)C)C(C)C2)cc1. The average molecular weight is 353 g/mol. The van der Waals surface area contributed by atoms with Gasteiger partial charge in [0.1, 0.15) is 0 Å². The molecule has 1 fully saturated rings. The molecule has 2 rings (SSSR count). The van der Waals surface area contributed by atoms with Gasteiger partial charge in [-0.15, -0.1) is 0 Å². The Morgan fingerprint density at radius 2 is 1.88 bits per heavy atom. The maximum absolute atomic E-state index is 12.6. The van der Waals surface area contributed by atoms with Crippen molar-refractivity contribution in [1.82, 2.24) is 9.80 Å². The summed E-state index contributed by atoms with van der Waals surface area (Å²) in [5.41, 5.74) is 1.06. The summed E-state index contributed by atoms with van der Waals surface area (Å²) in [5.74, 6) is 0.0151. The Balaban J connectivity index is 2.03. The van der Waals surface area contributed by atoms with Gasteiger partial charge in [-0.2, -0.15) is 0 Å². The fourth-order valence-electron chi connectivity index (χ4n) is 3.04. The third-order valence-corrected chi connectivity index (χ3v) is 5.72. The van der Waals surface area contributed by atoms with Crippen LogP contribution in [-0.2, 0) is 10.0 Å². The van der Waals surface area contributed by atoms with Crippen molar-refractivity contribution in [3.8, 4) is 0 Å². The normalized spacial score (nSPS) is 19.5. The molecule has 1 unspecified atom stereocenters. The van der Waals surface area contributed by atoms with Crippen LogP contribution in [0.25, 0.3) is 0 Å². The highest BCUT2D eigenvalue weighted by Crippen LogP contribution is 2.17. The van der Waals surface area contributed by atoms with Crippen LogP contribution in [0.3, 0.4) is 0 Å². The van der Waals surface area contributed by atoms with E-state index in [1.807, 2.05) is 4.90 Å². The third kappa shape index (κ3) is 4.48. The van der Waals surface area contributed by atoms with Crippen molar-refractivity contribution >= 4 is 21.6 Å². The van der Waals surface area contributed by atoms with Gasteiger partial charge in [0.25, 0.3) is 5.91 Å². The molecular formula is C17H27N3O3S. The minimum Gasteiger partial charge on any atom is -0.336 e. The highest BCUT2D eigenvalue weighted by Gasteiger charge is 2.28. The average Bonchev–Trinajstić information content (AvgIpc) is 2.54. The predicted octanol–water partition coefficient (Wildman–Crippen LogP) is 2.00. The Bertz CT molecular complexity index is 671. The van der Waals surface area contributed by atoms with E-state index >= 15 is 0 Å². The van der Waals surface area contributed by atoms with Crippen molar-refractivity contribution in [3.05, 3.63) is 29.8 Å². The number of hydrogen-bond acceptors (Lipinski definition) is 4. The standard InChI is InChI=1S/C17H27N3O3S/c1-5-24(22,23)18-16-8-6-15(7-9-16)17(21)19-10-11-20(13(2)3)14(4)12-19/h6-9,13-14,18H,5,10-12H2,1-4H3. The van der Waals surface area contributed by atoms with Crippen LogP contribution in [-0.4, -0.2) is 61.6 Å². The number of sulfonamides is 1. The minimum absolute atomic E-state index is 0.00449. The van der Waals surface area contributed by atoms with Gasteiger partial charge < -0.3 is 4.90 Å². The maximum atomic E-state index is 12.6. The summed E-state index contributed by atoms with van der Waals surface area (Å²) in [7, 11) is -3.30. The maximum Gasteiger partial charge on any atom is 0.253 e. The summed E-state index contributed by atoms with van der Waals surface area (Å²) in [4.78, 5) is 16.9. The third-order valence-electron chi connectivity index (χ3n) is 4.41. The van der Waals surface area contributed by atoms with E-state index in [0.29, 0.717) is 36.4 Å². The zero-order valence-corrected chi connectivity index (χ0v) is 15.6. The molecule has 1 aromatic rings. The summed E-state index contributed by atoms with van der Waals surface area (Å²) in [6, 6.07) is 7.43. The molecule has 0 aliphatic carbocycles. The molecule has 1 amide bonds. The largest absolute Gasteiger partial charge is 0.336 e. The molecule has 0 spiro atoms. The van der Waals surface area contributed by atoms with Crippen molar-refractivity contribution < 1.29 is 13.2 Å². The second-order valence-electron chi connectivity index (χ2n) is 6.51. The van der Waals surface area contributed by atoms with E-state index in [2.05, 4.69) is 30.4 Å². The van der Waals surface area contributed by atoms with Crippen molar-refractivity contribution in [2.75, 3.05) is 30.1 Å². The molecule has 0 bridgehead atoms. The first-order valence-electron chi connectivity index (χ1n) is 8.39. The molecule has 1 heterocycles. The number of anilines is 1. The van der Waals surface area contributed by atoms with Crippen LogP contribution in [0.2, 0.25) is 0 Å². The highest BCUT2D eigenvalue weighted by atomic mass is 32.2. The number of hydrogen-bond donors (Lipinski definition) is 1. The Labute approximate surface area is 144 Å². The number of piperazine rings is 1. The fraction of sp³-hybridized carbons (Fsp3) is 0.588. The first kappa shape index (κ1) is 18.7. The van der Waals surface area contributed by atoms with E-state index in [-0.39, 0.29) is 11.7 Å². The number of nitrogens with one attached hydrogen (secondary N) is 1. The number of carbonyl (C=O) groups is 1. The van der Waals surface area contributed by atoms with E-state index in [1.165, 1.54) is 0 Å². The van der Waals surface area contributed by atoms with Crippen molar-refractivity contribution in [1.29, 1.82) is 0 Å². The van der Waals surface area contributed by atoms with E-state index < -0.39 is 10.0 Å². The van der Waals surface area contributed by atoms with Crippen molar-refractivity contribution in [2.45, 2.75) is 39.8 Å². The quantitative estimate of drug-likeness (QED) is 0.879. The highest BCUT2D eigenvalue weighted by molar-refractivity contribution is 7.92. The van der Waals surface area contributed by atoms with E-state index in [9.17, 15) is 13.2 Å². The Hall–Kier alpha value is -1.60. The lowest BCUT2D eigenvalue weighted by molar-refractivity contribution is 0.0426. The summed E-state index contributed by atoms with van der Waals surface area (Å²) in [6.07, 6.45) is 0. The molecule has 24 heavy (non-hydrogen) atoms. The topological polar surface area (TPSA) is 69.7 Å². The van der Waals surface area contributed by atoms with Crippen LogP contribution in [0.4, 0.5) is 5.69 Å². The van der Waals surface area contributed by atoms with Crippen LogP contribution in [0.5, 0.6) is 0 Å². The second-order valence-corrected chi connectivity index (χ2v) is 8.53. The number of benzene rings is 1. The molecule has 134 valence electrons. The fourth-order valence-corrected chi connectivity index (χ4v) is 3.68. The number of amides is 1. The zero-order chi connectivity index (χ0) is 17.9. The van der Waals surface area contributed by atoms with Crippen LogP contribution >= 0.6 is 0 Å². The van der Waals surface area contributed by atoms with Gasteiger partial charge in [-0.1, -0.05) is 0 Å². The molecular weight excluding hydrogens is 326 g/mol. The van der Waals surface area contributed by atoms with Gasteiger partial charge in [-0.05, 0) is 52.0 Å². The lowest BCUT2D eigenvalue weighted by Gasteiger charge is -2.42. The van der Waals surface area contributed by atoms with Crippen molar-refractivity contribution in [2.24, 2.45) is 0 Å². The molecule has 0 saturated carbocycles. The number of rotatable bonds is 5. The van der Waals surface area contributed by atoms with Crippen LogP contribution in [0, 0.1) is 0 Å². The van der Waals surface area contributed by atoms with Gasteiger partial charge in [0.05, 0.1) is 5.75 Å². The van der Waals surface area contributed by atoms with Crippen LogP contribution in [0.15, 0.2) is 24.3 Å². The molecule has 0 radical (unpaired) electrons. The van der Waals surface area contributed by atoms with Gasteiger partial charge in [0, 0.05) is 43.0 Å². The summed E-state index contributed by atoms with van der Waals surface area (Å²) >= 11 is 0. The van der Waals surface area contributed by atoms with E-state index in [1.54, 1.807) is 31.2 Å².